The van der Waals surface area contributed by atoms with E-state index < -0.39 is 0 Å². The predicted molar refractivity (Wildman–Crippen MR) is 211 cm³/mol. The highest BCUT2D eigenvalue weighted by Gasteiger charge is 2.25. The van der Waals surface area contributed by atoms with Gasteiger partial charge in [-0.05, 0) is 96.1 Å². The van der Waals surface area contributed by atoms with Crippen LogP contribution in [0, 0.1) is 34.6 Å². The van der Waals surface area contributed by atoms with E-state index >= 15 is 0 Å². The Hall–Kier alpha value is -6.06. The van der Waals surface area contributed by atoms with Crippen LogP contribution in [0.2, 0.25) is 0 Å². The first-order chi connectivity index (χ1) is 24.4. The second kappa shape index (κ2) is 11.5. The van der Waals surface area contributed by atoms with E-state index in [9.17, 15) is 0 Å². The first kappa shape index (κ1) is 30.0. The number of hydrogen-bond acceptors (Lipinski definition) is 2. The van der Waals surface area contributed by atoms with Crippen LogP contribution in [-0.4, -0.2) is 14.5 Å². The minimum absolute atomic E-state index is 0.842. The van der Waals surface area contributed by atoms with Crippen LogP contribution in [0.25, 0.3) is 82.8 Å². The molecule has 0 radical (unpaired) electrons. The average Bonchev–Trinajstić information content (AvgIpc) is 3.48. The molecule has 2 aromatic heterocycles. The monoisotopic (exact) mass is 643 g/mol. The van der Waals surface area contributed by atoms with Gasteiger partial charge in [0.1, 0.15) is 5.69 Å². The van der Waals surface area contributed by atoms with E-state index in [1.807, 2.05) is 0 Å². The van der Waals surface area contributed by atoms with Gasteiger partial charge >= 0.3 is 0 Å². The molecule has 240 valence electrons. The van der Waals surface area contributed by atoms with Crippen LogP contribution in [0.1, 0.15) is 27.9 Å². The van der Waals surface area contributed by atoms with E-state index in [1.54, 1.807) is 0 Å². The van der Waals surface area contributed by atoms with E-state index in [-0.39, 0.29) is 0 Å². The molecule has 9 aromatic rings. The fourth-order valence-electron chi connectivity index (χ4n) is 7.96. The van der Waals surface area contributed by atoms with Crippen LogP contribution in [0.3, 0.4) is 0 Å². The topological polar surface area (TPSA) is 30.7 Å². The zero-order chi connectivity index (χ0) is 34.1. The van der Waals surface area contributed by atoms with Crippen molar-refractivity contribution in [2.24, 2.45) is 0 Å². The van der Waals surface area contributed by atoms with Crippen molar-refractivity contribution in [1.82, 2.24) is 14.5 Å². The van der Waals surface area contributed by atoms with Crippen molar-refractivity contribution < 1.29 is 0 Å². The van der Waals surface area contributed by atoms with Crippen molar-refractivity contribution in [3.05, 3.63) is 161 Å². The van der Waals surface area contributed by atoms with Gasteiger partial charge < -0.3 is 0 Å². The fourth-order valence-corrected chi connectivity index (χ4v) is 7.96. The molecular formula is C47H37N3. The SMILES string of the molecule is Cc1ccc(-c2nc(-c3ccccc3C)c(C)nc2-n2c3ccccc3c3c4ccccc4c(-c4cc5ccccc5cc4C)c(C)c32)cc1. The molecule has 0 aliphatic carbocycles. The molecule has 0 saturated carbocycles. The van der Waals surface area contributed by atoms with Gasteiger partial charge in [0.15, 0.2) is 5.82 Å². The molecule has 7 aromatic carbocycles. The summed E-state index contributed by atoms with van der Waals surface area (Å²) in [5.41, 5.74) is 14.5. The third kappa shape index (κ3) is 4.58. The molecule has 0 spiro atoms. The summed E-state index contributed by atoms with van der Waals surface area (Å²) < 4.78 is 2.39. The van der Waals surface area contributed by atoms with Gasteiger partial charge in [-0.25, -0.2) is 9.97 Å². The molecule has 0 fully saturated rings. The lowest BCUT2D eigenvalue weighted by molar-refractivity contribution is 1.01. The predicted octanol–water partition coefficient (Wildman–Crippen LogP) is 12.4. The number of hydrogen-bond donors (Lipinski definition) is 0. The lowest BCUT2D eigenvalue weighted by atomic mass is 9.87. The van der Waals surface area contributed by atoms with Gasteiger partial charge in [0.05, 0.1) is 22.4 Å². The number of para-hydroxylation sites is 1. The minimum atomic E-state index is 0.842. The largest absolute Gasteiger partial charge is 0.292 e. The summed E-state index contributed by atoms with van der Waals surface area (Å²) in [6.45, 7) is 10.9. The lowest BCUT2D eigenvalue weighted by Crippen LogP contribution is -2.07. The first-order valence-corrected chi connectivity index (χ1v) is 17.4. The Bertz CT molecular complexity index is 2800. The molecule has 0 atom stereocenters. The molecule has 50 heavy (non-hydrogen) atoms. The standard InChI is InChI=1S/C47H37N3/c1-28-22-24-33(25-23-28)45-47(48-32(5)44(49-45)36-17-9-6-14-29(36)2)50-41-21-13-12-20-39(41)43-38-19-11-10-18-37(38)42(31(4)46(43)50)40-27-35-16-8-7-15-34(35)26-30(40)3/h6-27H,1-5H3. The first-order valence-electron chi connectivity index (χ1n) is 17.4. The molecule has 0 aliphatic heterocycles. The maximum atomic E-state index is 5.51. The van der Waals surface area contributed by atoms with Crippen molar-refractivity contribution in [3.8, 4) is 39.5 Å². The van der Waals surface area contributed by atoms with Crippen LogP contribution in [0.5, 0.6) is 0 Å². The van der Waals surface area contributed by atoms with Crippen LogP contribution < -0.4 is 0 Å². The molecule has 9 rings (SSSR count). The Kier molecular flexibility index (Phi) is 6.92. The molecule has 2 heterocycles. The van der Waals surface area contributed by atoms with Gasteiger partial charge in [0, 0.05) is 21.9 Å². The normalized spacial score (nSPS) is 11.7. The van der Waals surface area contributed by atoms with Gasteiger partial charge in [0.2, 0.25) is 0 Å². The number of fused-ring (bicyclic) bond motifs is 6. The maximum Gasteiger partial charge on any atom is 0.164 e. The van der Waals surface area contributed by atoms with Gasteiger partial charge in [-0.2, -0.15) is 0 Å². The summed E-state index contributed by atoms with van der Waals surface area (Å²) in [7, 11) is 0. The smallest absolute Gasteiger partial charge is 0.164 e. The van der Waals surface area contributed by atoms with Crippen molar-refractivity contribution >= 4 is 43.4 Å². The number of benzene rings is 7. The second-order valence-electron chi connectivity index (χ2n) is 13.6. The van der Waals surface area contributed by atoms with E-state index in [1.165, 1.54) is 65.7 Å². The van der Waals surface area contributed by atoms with E-state index in [0.717, 1.165) is 45.1 Å². The average molecular weight is 644 g/mol. The van der Waals surface area contributed by atoms with E-state index in [2.05, 4.69) is 173 Å². The number of aromatic nitrogens is 3. The second-order valence-corrected chi connectivity index (χ2v) is 13.6. The molecule has 0 amide bonds. The fraction of sp³-hybridized carbons (Fsp3) is 0.106. The van der Waals surface area contributed by atoms with Crippen molar-refractivity contribution in [1.29, 1.82) is 0 Å². The molecule has 0 unspecified atom stereocenters. The third-order valence-electron chi connectivity index (χ3n) is 10.4. The zero-order valence-electron chi connectivity index (χ0n) is 29.0. The molecule has 0 aliphatic rings. The van der Waals surface area contributed by atoms with Crippen molar-refractivity contribution in [3.63, 3.8) is 0 Å². The molecule has 0 bridgehead atoms. The van der Waals surface area contributed by atoms with Crippen LogP contribution in [0.15, 0.2) is 133 Å². The van der Waals surface area contributed by atoms with Crippen LogP contribution in [0.4, 0.5) is 0 Å². The number of rotatable bonds is 4. The van der Waals surface area contributed by atoms with E-state index in [0.29, 0.717) is 0 Å². The Morgan fingerprint density at radius 1 is 0.500 bits per heavy atom. The van der Waals surface area contributed by atoms with Gasteiger partial charge in [-0.1, -0.05) is 127 Å². The highest BCUT2D eigenvalue weighted by atomic mass is 15.1. The van der Waals surface area contributed by atoms with Crippen LogP contribution in [-0.2, 0) is 0 Å². The molecule has 3 nitrogen and oxygen atoms in total. The summed E-state index contributed by atoms with van der Waals surface area (Å²) in [6.07, 6.45) is 0. The Labute approximate surface area is 292 Å². The van der Waals surface area contributed by atoms with Gasteiger partial charge in [-0.3, -0.25) is 4.57 Å². The van der Waals surface area contributed by atoms with Crippen LogP contribution >= 0.6 is 0 Å². The highest BCUT2D eigenvalue weighted by molar-refractivity contribution is 6.26. The highest BCUT2D eigenvalue weighted by Crippen LogP contribution is 2.46. The zero-order valence-corrected chi connectivity index (χ0v) is 29.0. The molecule has 0 N–H and O–H groups in total. The summed E-state index contributed by atoms with van der Waals surface area (Å²) >= 11 is 0. The quantitative estimate of drug-likeness (QED) is 0.191. The summed E-state index contributed by atoms with van der Waals surface area (Å²) in [4.78, 5) is 11.0. The summed E-state index contributed by atoms with van der Waals surface area (Å²) in [5, 5.41) is 7.45. The Morgan fingerprint density at radius 2 is 1.14 bits per heavy atom. The summed E-state index contributed by atoms with van der Waals surface area (Å²) in [5.74, 6) is 0.842. The maximum absolute atomic E-state index is 5.51. The Morgan fingerprint density at radius 3 is 1.90 bits per heavy atom. The minimum Gasteiger partial charge on any atom is -0.292 e. The van der Waals surface area contributed by atoms with Crippen molar-refractivity contribution in [2.75, 3.05) is 0 Å². The third-order valence-corrected chi connectivity index (χ3v) is 10.4. The molecule has 0 saturated heterocycles. The van der Waals surface area contributed by atoms with Gasteiger partial charge in [-0.15, -0.1) is 0 Å². The Balaban J connectivity index is 1.46. The molecule has 3 heteroatoms. The van der Waals surface area contributed by atoms with Gasteiger partial charge in [0.25, 0.3) is 0 Å². The number of nitrogens with zero attached hydrogens (tertiary/aromatic N) is 3. The molecular weight excluding hydrogens is 607 g/mol. The number of aryl methyl sites for hydroxylation is 5. The van der Waals surface area contributed by atoms with Crippen molar-refractivity contribution in [2.45, 2.75) is 34.6 Å². The lowest BCUT2D eigenvalue weighted by Gasteiger charge is -2.20. The van der Waals surface area contributed by atoms with E-state index in [4.69, 9.17) is 9.97 Å². The summed E-state index contributed by atoms with van der Waals surface area (Å²) in [6, 6.07) is 48.2.